The van der Waals surface area contributed by atoms with Crippen LogP contribution in [0.5, 0.6) is 0 Å². The summed E-state index contributed by atoms with van der Waals surface area (Å²) in [6.45, 7) is 5.85. The summed E-state index contributed by atoms with van der Waals surface area (Å²) in [4.78, 5) is 22.9. The Labute approximate surface area is 155 Å². The second-order valence-corrected chi connectivity index (χ2v) is 7.16. The summed E-state index contributed by atoms with van der Waals surface area (Å²) in [6.07, 6.45) is 3.53. The van der Waals surface area contributed by atoms with E-state index < -0.39 is 0 Å². The van der Waals surface area contributed by atoms with Crippen molar-refractivity contribution in [2.45, 2.75) is 32.6 Å². The standard InChI is InChI=1S/C18H21BrN4O2/c1-12-10-23(11-13(2)25-12)17(24)15-5-3-14(4-6-15)7-20-18-21-8-16(19)9-22-18/h3-6,8-9,12-13H,7,10-11H2,1-2H3,(H,20,21,22). The highest BCUT2D eigenvalue weighted by molar-refractivity contribution is 9.10. The highest BCUT2D eigenvalue weighted by Gasteiger charge is 2.26. The van der Waals surface area contributed by atoms with Crippen LogP contribution in [0.15, 0.2) is 41.1 Å². The Morgan fingerprint density at radius 2 is 1.80 bits per heavy atom. The molecule has 1 aromatic heterocycles. The number of ether oxygens (including phenoxy) is 1. The van der Waals surface area contributed by atoms with E-state index >= 15 is 0 Å². The molecule has 0 saturated carbocycles. The number of carbonyl (C=O) groups excluding carboxylic acids is 1. The Hall–Kier alpha value is -1.99. The quantitative estimate of drug-likeness (QED) is 0.847. The van der Waals surface area contributed by atoms with Crippen molar-refractivity contribution in [2.75, 3.05) is 18.4 Å². The number of rotatable bonds is 4. The maximum atomic E-state index is 12.6. The van der Waals surface area contributed by atoms with Gasteiger partial charge in [-0.05, 0) is 47.5 Å². The first kappa shape index (κ1) is 17.8. The molecule has 0 bridgehead atoms. The number of anilines is 1. The Kier molecular flexibility index (Phi) is 5.65. The minimum Gasteiger partial charge on any atom is -0.372 e. The van der Waals surface area contributed by atoms with E-state index in [2.05, 4.69) is 31.2 Å². The maximum Gasteiger partial charge on any atom is 0.254 e. The van der Waals surface area contributed by atoms with Gasteiger partial charge < -0.3 is 15.0 Å². The van der Waals surface area contributed by atoms with Gasteiger partial charge >= 0.3 is 0 Å². The topological polar surface area (TPSA) is 67.4 Å². The number of hydrogen-bond acceptors (Lipinski definition) is 5. The van der Waals surface area contributed by atoms with Crippen LogP contribution in [-0.2, 0) is 11.3 Å². The fourth-order valence-electron chi connectivity index (χ4n) is 2.88. The molecule has 2 unspecified atom stereocenters. The number of nitrogens with zero attached hydrogens (tertiary/aromatic N) is 3. The van der Waals surface area contributed by atoms with Gasteiger partial charge in [0.05, 0.1) is 16.7 Å². The molecule has 7 heteroatoms. The first-order valence-electron chi connectivity index (χ1n) is 8.26. The van der Waals surface area contributed by atoms with Crippen LogP contribution in [-0.4, -0.2) is 46.1 Å². The molecule has 2 atom stereocenters. The molecule has 6 nitrogen and oxygen atoms in total. The van der Waals surface area contributed by atoms with Crippen LogP contribution in [0.3, 0.4) is 0 Å². The van der Waals surface area contributed by atoms with Crippen LogP contribution in [0.4, 0.5) is 5.95 Å². The van der Waals surface area contributed by atoms with E-state index in [1.807, 2.05) is 43.0 Å². The minimum absolute atomic E-state index is 0.0535. The summed E-state index contributed by atoms with van der Waals surface area (Å²) in [6, 6.07) is 7.64. The zero-order valence-corrected chi connectivity index (χ0v) is 15.9. The predicted octanol–water partition coefficient (Wildman–Crippen LogP) is 3.10. The van der Waals surface area contributed by atoms with Gasteiger partial charge in [0.15, 0.2) is 0 Å². The van der Waals surface area contributed by atoms with Crippen LogP contribution in [0.1, 0.15) is 29.8 Å². The molecule has 3 rings (SSSR count). The number of morpholine rings is 1. The number of hydrogen-bond donors (Lipinski definition) is 1. The maximum absolute atomic E-state index is 12.6. The average Bonchev–Trinajstić information content (AvgIpc) is 2.60. The number of halogens is 1. The molecule has 132 valence electrons. The smallest absolute Gasteiger partial charge is 0.254 e. The lowest BCUT2D eigenvalue weighted by Gasteiger charge is -2.35. The van der Waals surface area contributed by atoms with Gasteiger partial charge in [-0.15, -0.1) is 0 Å². The number of nitrogens with one attached hydrogen (secondary N) is 1. The van der Waals surface area contributed by atoms with Crippen LogP contribution < -0.4 is 5.32 Å². The Morgan fingerprint density at radius 3 is 2.40 bits per heavy atom. The molecular formula is C18H21BrN4O2. The van der Waals surface area contributed by atoms with E-state index in [-0.39, 0.29) is 18.1 Å². The first-order chi connectivity index (χ1) is 12.0. The van der Waals surface area contributed by atoms with E-state index in [0.717, 1.165) is 10.0 Å². The number of carbonyl (C=O) groups is 1. The Morgan fingerprint density at radius 1 is 1.20 bits per heavy atom. The largest absolute Gasteiger partial charge is 0.372 e. The minimum atomic E-state index is 0.0535. The molecule has 1 N–H and O–H groups in total. The molecule has 0 radical (unpaired) electrons. The second kappa shape index (κ2) is 7.93. The van der Waals surface area contributed by atoms with Crippen molar-refractivity contribution < 1.29 is 9.53 Å². The van der Waals surface area contributed by atoms with E-state index in [0.29, 0.717) is 31.1 Å². The third-order valence-corrected chi connectivity index (χ3v) is 4.39. The van der Waals surface area contributed by atoms with E-state index in [1.165, 1.54) is 0 Å². The highest BCUT2D eigenvalue weighted by atomic mass is 79.9. The van der Waals surface area contributed by atoms with Gasteiger partial charge in [-0.25, -0.2) is 9.97 Å². The van der Waals surface area contributed by atoms with E-state index in [9.17, 15) is 4.79 Å². The predicted molar refractivity (Wildman–Crippen MR) is 99.4 cm³/mol. The molecule has 1 aromatic carbocycles. The third kappa shape index (κ3) is 4.76. The van der Waals surface area contributed by atoms with Crippen molar-refractivity contribution >= 4 is 27.8 Å². The molecule has 1 saturated heterocycles. The normalized spacial score (nSPS) is 20.4. The molecule has 2 heterocycles. The Balaban J connectivity index is 1.59. The molecule has 0 spiro atoms. The van der Waals surface area contributed by atoms with Gasteiger partial charge in [0, 0.05) is 37.6 Å². The molecule has 1 aliphatic rings. The zero-order chi connectivity index (χ0) is 17.8. The van der Waals surface area contributed by atoms with Crippen LogP contribution in [0, 0.1) is 0 Å². The van der Waals surface area contributed by atoms with E-state index in [1.54, 1.807) is 12.4 Å². The summed E-state index contributed by atoms with van der Waals surface area (Å²) in [5.41, 5.74) is 1.76. The first-order valence-corrected chi connectivity index (χ1v) is 9.05. The van der Waals surface area contributed by atoms with Gasteiger partial charge in [-0.1, -0.05) is 12.1 Å². The van der Waals surface area contributed by atoms with Crippen LogP contribution in [0.25, 0.3) is 0 Å². The van der Waals surface area contributed by atoms with Crippen molar-refractivity contribution in [3.05, 3.63) is 52.3 Å². The molecule has 1 fully saturated rings. The van der Waals surface area contributed by atoms with Crippen molar-refractivity contribution in [1.29, 1.82) is 0 Å². The lowest BCUT2D eigenvalue weighted by Crippen LogP contribution is -2.48. The van der Waals surface area contributed by atoms with Gasteiger partial charge in [0.2, 0.25) is 5.95 Å². The van der Waals surface area contributed by atoms with Crippen molar-refractivity contribution in [1.82, 2.24) is 14.9 Å². The summed E-state index contributed by atoms with van der Waals surface area (Å²) < 4.78 is 6.53. The van der Waals surface area contributed by atoms with Gasteiger partial charge in [-0.2, -0.15) is 0 Å². The van der Waals surface area contributed by atoms with Crippen LogP contribution >= 0.6 is 15.9 Å². The van der Waals surface area contributed by atoms with Gasteiger partial charge in [-0.3, -0.25) is 4.79 Å². The Bertz CT molecular complexity index is 711. The lowest BCUT2D eigenvalue weighted by molar-refractivity contribution is -0.0586. The zero-order valence-electron chi connectivity index (χ0n) is 14.3. The fourth-order valence-corrected chi connectivity index (χ4v) is 3.08. The second-order valence-electron chi connectivity index (χ2n) is 6.24. The van der Waals surface area contributed by atoms with Crippen molar-refractivity contribution in [3.63, 3.8) is 0 Å². The average molecular weight is 405 g/mol. The molecule has 25 heavy (non-hydrogen) atoms. The monoisotopic (exact) mass is 404 g/mol. The number of aromatic nitrogens is 2. The molecule has 1 amide bonds. The fraction of sp³-hybridized carbons (Fsp3) is 0.389. The highest BCUT2D eigenvalue weighted by Crippen LogP contribution is 2.15. The molecule has 2 aromatic rings. The molecule has 0 aliphatic carbocycles. The molecule has 1 aliphatic heterocycles. The third-order valence-electron chi connectivity index (χ3n) is 3.98. The number of benzene rings is 1. The van der Waals surface area contributed by atoms with Gasteiger partial charge in [0.25, 0.3) is 5.91 Å². The van der Waals surface area contributed by atoms with Crippen LogP contribution in [0.2, 0.25) is 0 Å². The molecular weight excluding hydrogens is 384 g/mol. The van der Waals surface area contributed by atoms with Crippen molar-refractivity contribution in [3.8, 4) is 0 Å². The summed E-state index contributed by atoms with van der Waals surface area (Å²) in [5, 5.41) is 3.16. The summed E-state index contributed by atoms with van der Waals surface area (Å²) >= 11 is 3.31. The SMILES string of the molecule is CC1CN(C(=O)c2ccc(CNc3ncc(Br)cn3)cc2)CC(C)O1. The lowest BCUT2D eigenvalue weighted by atomic mass is 10.1. The number of amides is 1. The summed E-state index contributed by atoms with van der Waals surface area (Å²) in [5.74, 6) is 0.623. The van der Waals surface area contributed by atoms with Crippen molar-refractivity contribution in [2.24, 2.45) is 0 Å². The summed E-state index contributed by atoms with van der Waals surface area (Å²) in [7, 11) is 0. The van der Waals surface area contributed by atoms with Gasteiger partial charge in [0.1, 0.15) is 0 Å². The van der Waals surface area contributed by atoms with E-state index in [4.69, 9.17) is 4.74 Å².